The van der Waals surface area contributed by atoms with Gasteiger partial charge in [-0.05, 0) is 31.4 Å². The maximum absolute atomic E-state index is 5.48. The third kappa shape index (κ3) is 1.50. The van der Waals surface area contributed by atoms with Gasteiger partial charge >= 0.3 is 0 Å². The normalized spacial score (nSPS) is 17.5. The highest BCUT2D eigenvalue weighted by Crippen LogP contribution is 2.23. The van der Waals surface area contributed by atoms with Crippen LogP contribution in [0.4, 0.5) is 0 Å². The van der Waals surface area contributed by atoms with Crippen LogP contribution >= 0.6 is 0 Å². The van der Waals surface area contributed by atoms with Crippen LogP contribution in [0.5, 0.6) is 5.88 Å². The molecule has 1 fully saturated rings. The van der Waals surface area contributed by atoms with E-state index in [1.54, 1.807) is 6.20 Å². The van der Waals surface area contributed by atoms with E-state index in [0.29, 0.717) is 12.0 Å². The summed E-state index contributed by atoms with van der Waals surface area (Å²) in [5.74, 6) is 0.636. The van der Waals surface area contributed by atoms with Crippen molar-refractivity contribution in [3.05, 3.63) is 24.4 Å². The van der Waals surface area contributed by atoms with Crippen molar-refractivity contribution in [2.75, 3.05) is 0 Å². The van der Waals surface area contributed by atoms with Gasteiger partial charge in [0.1, 0.15) is 6.10 Å². The van der Waals surface area contributed by atoms with Gasteiger partial charge in [0.25, 0.3) is 0 Å². The molecule has 11 heavy (non-hydrogen) atoms. The predicted octanol–water partition coefficient (Wildman–Crippen LogP) is 1.81. The fourth-order valence-electron chi connectivity index (χ4n) is 1.02. The van der Waals surface area contributed by atoms with Crippen molar-refractivity contribution in [1.29, 1.82) is 0 Å². The first-order valence-corrected chi connectivity index (χ1v) is 3.94. The molecule has 1 heterocycles. The van der Waals surface area contributed by atoms with Crippen LogP contribution < -0.4 is 4.74 Å². The van der Waals surface area contributed by atoms with E-state index in [9.17, 15) is 0 Å². The molecule has 1 saturated carbocycles. The van der Waals surface area contributed by atoms with Gasteiger partial charge in [-0.15, -0.1) is 0 Å². The van der Waals surface area contributed by atoms with Crippen LogP contribution in [0.25, 0.3) is 0 Å². The second-order valence-electron chi connectivity index (χ2n) is 2.76. The molecule has 0 bridgehead atoms. The minimum Gasteiger partial charge on any atom is -0.474 e. The van der Waals surface area contributed by atoms with Crippen LogP contribution in [-0.2, 0) is 0 Å². The third-order valence-corrected chi connectivity index (χ3v) is 1.91. The minimum absolute atomic E-state index is 0.404. The lowest BCUT2D eigenvalue weighted by atomic mass is 9.96. The molecule has 0 unspecified atom stereocenters. The van der Waals surface area contributed by atoms with Crippen molar-refractivity contribution >= 4 is 0 Å². The number of nitrogens with zero attached hydrogens (tertiary/aromatic N) is 1. The number of pyridine rings is 1. The molecule has 1 aliphatic rings. The lowest BCUT2D eigenvalue weighted by Gasteiger charge is -2.25. The summed E-state index contributed by atoms with van der Waals surface area (Å²) in [5.41, 5.74) is 0. The van der Waals surface area contributed by atoms with Crippen LogP contribution in [0.2, 0.25) is 0 Å². The van der Waals surface area contributed by atoms with Crippen molar-refractivity contribution in [2.45, 2.75) is 25.4 Å². The molecule has 0 saturated heterocycles. The Hall–Kier alpha value is -1.05. The molecule has 1 aromatic heterocycles. The highest BCUT2D eigenvalue weighted by Gasteiger charge is 2.19. The molecule has 0 aromatic carbocycles. The molecule has 2 rings (SSSR count). The molecule has 1 aromatic rings. The maximum Gasteiger partial charge on any atom is 0.221 e. The van der Waals surface area contributed by atoms with Crippen molar-refractivity contribution in [3.63, 3.8) is 0 Å². The van der Waals surface area contributed by atoms with E-state index in [4.69, 9.17) is 4.74 Å². The Bertz CT molecular complexity index is 218. The molecule has 57 valence electrons. The number of rotatable bonds is 2. The summed E-state index contributed by atoms with van der Waals surface area (Å²) in [7, 11) is 0. The molecule has 1 aliphatic carbocycles. The van der Waals surface area contributed by atoms with E-state index in [0.717, 1.165) is 0 Å². The first kappa shape index (κ1) is 6.65. The van der Waals surface area contributed by atoms with E-state index >= 15 is 0 Å². The first-order chi connectivity index (χ1) is 5.45. The molecule has 0 aliphatic heterocycles. The zero-order chi connectivity index (χ0) is 7.52. The summed E-state index contributed by atoms with van der Waals surface area (Å²) in [5, 5.41) is 0. The monoisotopic (exact) mass is 148 g/mol. The molecular formula is C9H10NO. The molecule has 0 atom stereocenters. The third-order valence-electron chi connectivity index (χ3n) is 1.91. The fraction of sp³-hybridized carbons (Fsp3) is 0.444. The standard InChI is InChI=1S/C9H10NO/c1-2-7-10-9(6-1)11-8-4-3-5-8/h1-2,7-8H,3-5H2. The highest BCUT2D eigenvalue weighted by molar-refractivity contribution is 5.07. The first-order valence-electron chi connectivity index (χ1n) is 3.94. The van der Waals surface area contributed by atoms with E-state index in [1.165, 1.54) is 19.3 Å². The zero-order valence-corrected chi connectivity index (χ0v) is 6.29. The van der Waals surface area contributed by atoms with E-state index in [2.05, 4.69) is 11.1 Å². The summed E-state index contributed by atoms with van der Waals surface area (Å²) in [6.45, 7) is 0. The Balaban J connectivity index is 1.95. The maximum atomic E-state index is 5.48. The van der Waals surface area contributed by atoms with Gasteiger partial charge in [-0.1, -0.05) is 0 Å². The Labute approximate surface area is 66.2 Å². The number of hydrogen-bond acceptors (Lipinski definition) is 2. The Morgan fingerprint density at radius 3 is 3.00 bits per heavy atom. The van der Waals surface area contributed by atoms with Crippen LogP contribution in [0, 0.1) is 6.07 Å². The SMILES string of the molecule is [c]1cccnc1OC1CCC1. The minimum atomic E-state index is 0.404. The van der Waals surface area contributed by atoms with Crippen LogP contribution in [0.1, 0.15) is 19.3 Å². The van der Waals surface area contributed by atoms with Gasteiger partial charge in [-0.25, -0.2) is 4.98 Å². The second kappa shape index (κ2) is 2.91. The lowest BCUT2D eigenvalue weighted by Crippen LogP contribution is -2.24. The number of aromatic nitrogens is 1. The van der Waals surface area contributed by atoms with E-state index in [1.807, 2.05) is 12.1 Å². The fourth-order valence-corrected chi connectivity index (χ4v) is 1.02. The molecule has 2 nitrogen and oxygen atoms in total. The van der Waals surface area contributed by atoms with E-state index < -0.39 is 0 Å². The molecule has 0 amide bonds. The van der Waals surface area contributed by atoms with Crippen molar-refractivity contribution in [2.24, 2.45) is 0 Å². The Morgan fingerprint density at radius 1 is 1.55 bits per heavy atom. The number of hydrogen-bond donors (Lipinski definition) is 0. The van der Waals surface area contributed by atoms with Gasteiger partial charge < -0.3 is 4.74 Å². The zero-order valence-electron chi connectivity index (χ0n) is 6.29. The van der Waals surface area contributed by atoms with Gasteiger partial charge in [0.15, 0.2) is 0 Å². The van der Waals surface area contributed by atoms with Crippen molar-refractivity contribution in [1.82, 2.24) is 4.98 Å². The summed E-state index contributed by atoms with van der Waals surface area (Å²) >= 11 is 0. The van der Waals surface area contributed by atoms with Crippen molar-refractivity contribution in [3.8, 4) is 5.88 Å². The van der Waals surface area contributed by atoms with Gasteiger partial charge in [0.05, 0.1) is 0 Å². The highest BCUT2D eigenvalue weighted by atomic mass is 16.5. The van der Waals surface area contributed by atoms with Crippen LogP contribution in [-0.4, -0.2) is 11.1 Å². The van der Waals surface area contributed by atoms with Crippen LogP contribution in [0.3, 0.4) is 0 Å². The lowest BCUT2D eigenvalue weighted by molar-refractivity contribution is 0.114. The quantitative estimate of drug-likeness (QED) is 0.638. The van der Waals surface area contributed by atoms with Gasteiger partial charge in [-0.2, -0.15) is 0 Å². The average molecular weight is 148 g/mol. The van der Waals surface area contributed by atoms with Gasteiger partial charge in [0.2, 0.25) is 5.88 Å². The number of ether oxygens (including phenoxy) is 1. The van der Waals surface area contributed by atoms with Gasteiger partial charge in [0, 0.05) is 12.3 Å². The van der Waals surface area contributed by atoms with Crippen molar-refractivity contribution < 1.29 is 4.74 Å². The molecular weight excluding hydrogens is 138 g/mol. The smallest absolute Gasteiger partial charge is 0.221 e. The molecule has 1 radical (unpaired) electrons. The molecule has 0 N–H and O–H groups in total. The summed E-state index contributed by atoms with van der Waals surface area (Å²) in [6.07, 6.45) is 5.76. The molecule has 0 spiro atoms. The Morgan fingerprint density at radius 2 is 2.45 bits per heavy atom. The molecule has 2 heteroatoms. The van der Waals surface area contributed by atoms with E-state index in [-0.39, 0.29) is 0 Å². The average Bonchev–Trinajstić information content (AvgIpc) is 1.99. The summed E-state index contributed by atoms with van der Waals surface area (Å²) in [4.78, 5) is 4.02. The summed E-state index contributed by atoms with van der Waals surface area (Å²) in [6, 6.07) is 6.60. The second-order valence-corrected chi connectivity index (χ2v) is 2.76. The van der Waals surface area contributed by atoms with Crippen LogP contribution in [0.15, 0.2) is 18.3 Å². The predicted molar refractivity (Wildman–Crippen MR) is 41.3 cm³/mol. The largest absolute Gasteiger partial charge is 0.474 e. The topological polar surface area (TPSA) is 22.1 Å². The summed E-state index contributed by atoms with van der Waals surface area (Å²) < 4.78 is 5.48. The Kier molecular flexibility index (Phi) is 1.76. The van der Waals surface area contributed by atoms with Gasteiger partial charge in [-0.3, -0.25) is 0 Å².